The second-order valence-corrected chi connectivity index (χ2v) is 8.38. The number of benzene rings is 2. The number of para-hydroxylation sites is 2. The van der Waals surface area contributed by atoms with Gasteiger partial charge in [0.25, 0.3) is 0 Å². The molecule has 2 saturated heterocycles. The molecular weight excluding hydrogens is 406 g/mol. The summed E-state index contributed by atoms with van der Waals surface area (Å²) in [7, 11) is 3.21. The van der Waals surface area contributed by atoms with Crippen molar-refractivity contribution < 1.29 is 19.1 Å². The zero-order valence-electron chi connectivity index (χ0n) is 18.8. The number of methoxy groups -OCH3 is 2. The molecule has 2 aromatic carbocycles. The lowest BCUT2D eigenvalue weighted by atomic mass is 10.1. The van der Waals surface area contributed by atoms with E-state index in [1.54, 1.807) is 19.1 Å². The highest BCUT2D eigenvalue weighted by Crippen LogP contribution is 2.30. The van der Waals surface area contributed by atoms with Gasteiger partial charge >= 0.3 is 0 Å². The molecule has 1 atom stereocenters. The second-order valence-electron chi connectivity index (χ2n) is 8.38. The van der Waals surface area contributed by atoms with E-state index in [0.717, 1.165) is 30.0 Å². The number of ether oxygens (including phenoxy) is 2. The standard InChI is InChI=1S/C25H31N3O4/c1-31-22-10-9-18(15-23(22)32-2)11-14-28-17-19(16-24(28)29)25(30)26-20-7-3-4-8-21(20)27-12-5-6-13-27/h3-4,7-10,15,19H,5-6,11-14,16-17H2,1-2H3,(H,26,30)/t19-/m1/s1. The molecule has 7 heteroatoms. The lowest BCUT2D eigenvalue weighted by molar-refractivity contribution is -0.128. The van der Waals surface area contributed by atoms with Gasteiger partial charge in [-0.1, -0.05) is 18.2 Å². The van der Waals surface area contributed by atoms with Crippen molar-refractivity contribution in [1.29, 1.82) is 0 Å². The van der Waals surface area contributed by atoms with Crippen molar-refractivity contribution in [1.82, 2.24) is 4.90 Å². The van der Waals surface area contributed by atoms with Crippen LogP contribution in [-0.4, -0.2) is 57.1 Å². The number of likely N-dealkylation sites (tertiary alicyclic amines) is 1. The van der Waals surface area contributed by atoms with Gasteiger partial charge in [0.1, 0.15) is 0 Å². The maximum absolute atomic E-state index is 13.0. The number of carbonyl (C=O) groups is 2. The van der Waals surface area contributed by atoms with Gasteiger partial charge in [0, 0.05) is 32.6 Å². The fourth-order valence-electron chi connectivity index (χ4n) is 4.51. The highest BCUT2D eigenvalue weighted by Gasteiger charge is 2.34. The number of hydrogen-bond donors (Lipinski definition) is 1. The molecule has 2 heterocycles. The highest BCUT2D eigenvalue weighted by molar-refractivity contribution is 5.99. The van der Waals surface area contributed by atoms with Gasteiger partial charge in [-0.2, -0.15) is 0 Å². The quantitative estimate of drug-likeness (QED) is 0.686. The van der Waals surface area contributed by atoms with Crippen molar-refractivity contribution in [2.75, 3.05) is 50.6 Å². The number of rotatable bonds is 8. The average molecular weight is 438 g/mol. The molecule has 0 saturated carbocycles. The minimum Gasteiger partial charge on any atom is -0.493 e. The minimum atomic E-state index is -0.334. The van der Waals surface area contributed by atoms with Crippen LogP contribution in [0.25, 0.3) is 0 Å². The van der Waals surface area contributed by atoms with Gasteiger partial charge in [-0.15, -0.1) is 0 Å². The van der Waals surface area contributed by atoms with E-state index in [1.165, 1.54) is 12.8 Å². The van der Waals surface area contributed by atoms with Gasteiger partial charge in [0.15, 0.2) is 11.5 Å². The number of carbonyl (C=O) groups excluding carboxylic acids is 2. The van der Waals surface area contributed by atoms with Crippen LogP contribution in [0.3, 0.4) is 0 Å². The van der Waals surface area contributed by atoms with Crippen molar-refractivity contribution in [3.8, 4) is 11.5 Å². The summed E-state index contributed by atoms with van der Waals surface area (Å²) in [6, 6.07) is 13.7. The summed E-state index contributed by atoms with van der Waals surface area (Å²) in [5, 5.41) is 3.08. The molecular formula is C25H31N3O4. The Morgan fingerprint density at radius 3 is 2.56 bits per heavy atom. The highest BCUT2D eigenvalue weighted by atomic mass is 16.5. The van der Waals surface area contributed by atoms with Crippen LogP contribution in [0.1, 0.15) is 24.8 Å². The molecule has 0 unspecified atom stereocenters. The summed E-state index contributed by atoms with van der Waals surface area (Å²) in [6.07, 6.45) is 3.30. The fourth-order valence-corrected chi connectivity index (χ4v) is 4.51. The lowest BCUT2D eigenvalue weighted by Gasteiger charge is -2.22. The van der Waals surface area contributed by atoms with Crippen LogP contribution in [0.2, 0.25) is 0 Å². The molecule has 7 nitrogen and oxygen atoms in total. The molecule has 2 aliphatic heterocycles. The van der Waals surface area contributed by atoms with Crippen LogP contribution in [-0.2, 0) is 16.0 Å². The first-order valence-electron chi connectivity index (χ1n) is 11.2. The van der Waals surface area contributed by atoms with Crippen LogP contribution < -0.4 is 19.7 Å². The Kier molecular flexibility index (Phi) is 6.83. The smallest absolute Gasteiger partial charge is 0.229 e. The lowest BCUT2D eigenvalue weighted by Crippen LogP contribution is -2.30. The first-order valence-corrected chi connectivity index (χ1v) is 11.2. The second kappa shape index (κ2) is 9.94. The number of nitrogens with zero attached hydrogens (tertiary/aromatic N) is 2. The maximum atomic E-state index is 13.0. The predicted molar refractivity (Wildman–Crippen MR) is 124 cm³/mol. The van der Waals surface area contributed by atoms with Crippen molar-refractivity contribution in [2.45, 2.75) is 25.7 Å². The third-order valence-electron chi connectivity index (χ3n) is 6.31. The van der Waals surface area contributed by atoms with E-state index in [2.05, 4.69) is 16.3 Å². The van der Waals surface area contributed by atoms with Crippen molar-refractivity contribution >= 4 is 23.2 Å². The number of anilines is 2. The van der Waals surface area contributed by atoms with E-state index in [9.17, 15) is 9.59 Å². The molecule has 170 valence electrons. The molecule has 0 spiro atoms. The average Bonchev–Trinajstić information content (AvgIpc) is 3.48. The molecule has 2 fully saturated rings. The fraction of sp³-hybridized carbons (Fsp3) is 0.440. The Labute approximate surface area is 189 Å². The van der Waals surface area contributed by atoms with E-state index in [-0.39, 0.29) is 24.2 Å². The minimum absolute atomic E-state index is 0.0263. The zero-order valence-corrected chi connectivity index (χ0v) is 18.8. The largest absolute Gasteiger partial charge is 0.493 e. The number of nitrogens with one attached hydrogen (secondary N) is 1. The van der Waals surface area contributed by atoms with Crippen LogP contribution in [0.15, 0.2) is 42.5 Å². The van der Waals surface area contributed by atoms with E-state index >= 15 is 0 Å². The molecule has 32 heavy (non-hydrogen) atoms. The molecule has 2 aromatic rings. The van der Waals surface area contributed by atoms with Gasteiger partial charge in [0.05, 0.1) is 31.5 Å². The Bertz CT molecular complexity index is 971. The summed E-state index contributed by atoms with van der Waals surface area (Å²) in [5.74, 6) is 0.961. The topological polar surface area (TPSA) is 71.1 Å². The summed E-state index contributed by atoms with van der Waals surface area (Å²) in [5.41, 5.74) is 2.95. The number of amides is 2. The van der Waals surface area contributed by atoms with E-state index in [0.29, 0.717) is 31.0 Å². The Morgan fingerprint density at radius 1 is 1.06 bits per heavy atom. The Hall–Kier alpha value is -3.22. The maximum Gasteiger partial charge on any atom is 0.229 e. The SMILES string of the molecule is COc1ccc(CCN2C[C@H](C(=O)Nc3ccccc3N3CCCC3)CC2=O)cc1OC. The molecule has 2 aliphatic rings. The molecule has 0 aromatic heterocycles. The van der Waals surface area contributed by atoms with E-state index in [1.807, 2.05) is 36.4 Å². The molecule has 4 rings (SSSR count). The summed E-state index contributed by atoms with van der Waals surface area (Å²) in [6.45, 7) is 3.05. The molecule has 0 radical (unpaired) electrons. The van der Waals surface area contributed by atoms with Gasteiger partial charge in [0.2, 0.25) is 11.8 Å². The Morgan fingerprint density at radius 2 is 1.81 bits per heavy atom. The van der Waals surface area contributed by atoms with Crippen LogP contribution >= 0.6 is 0 Å². The molecule has 1 N–H and O–H groups in total. The van der Waals surface area contributed by atoms with Crippen molar-refractivity contribution in [2.24, 2.45) is 5.92 Å². The van der Waals surface area contributed by atoms with Crippen LogP contribution in [0.4, 0.5) is 11.4 Å². The zero-order chi connectivity index (χ0) is 22.5. The van der Waals surface area contributed by atoms with Gasteiger partial charge in [-0.3, -0.25) is 9.59 Å². The third kappa shape index (κ3) is 4.82. The summed E-state index contributed by atoms with van der Waals surface area (Å²) < 4.78 is 10.6. The van der Waals surface area contributed by atoms with E-state index < -0.39 is 0 Å². The van der Waals surface area contributed by atoms with Crippen molar-refractivity contribution in [3.63, 3.8) is 0 Å². The summed E-state index contributed by atoms with van der Waals surface area (Å²) in [4.78, 5) is 29.6. The van der Waals surface area contributed by atoms with Gasteiger partial charge < -0.3 is 24.6 Å². The first-order chi connectivity index (χ1) is 15.6. The Balaban J connectivity index is 1.35. The predicted octanol–water partition coefficient (Wildman–Crippen LogP) is 3.33. The van der Waals surface area contributed by atoms with Crippen LogP contribution in [0.5, 0.6) is 11.5 Å². The van der Waals surface area contributed by atoms with Gasteiger partial charge in [-0.05, 0) is 49.1 Å². The summed E-state index contributed by atoms with van der Waals surface area (Å²) >= 11 is 0. The third-order valence-corrected chi connectivity index (χ3v) is 6.31. The van der Waals surface area contributed by atoms with E-state index in [4.69, 9.17) is 9.47 Å². The normalized spacial score (nSPS) is 18.2. The van der Waals surface area contributed by atoms with Crippen molar-refractivity contribution in [3.05, 3.63) is 48.0 Å². The molecule has 0 bridgehead atoms. The first kappa shape index (κ1) is 22.0. The number of hydrogen-bond acceptors (Lipinski definition) is 5. The van der Waals surface area contributed by atoms with Crippen LogP contribution in [0, 0.1) is 5.92 Å². The monoisotopic (exact) mass is 437 g/mol. The molecule has 2 amide bonds. The van der Waals surface area contributed by atoms with Gasteiger partial charge in [-0.25, -0.2) is 0 Å². The molecule has 0 aliphatic carbocycles.